The molecule has 1 fully saturated rings. The van der Waals surface area contributed by atoms with Gasteiger partial charge in [0, 0.05) is 32.7 Å². The van der Waals surface area contributed by atoms with Crippen molar-refractivity contribution < 1.29 is 22.8 Å². The molecule has 1 aromatic rings. The number of alkyl halides is 3. The first kappa shape index (κ1) is 20.2. The maximum Gasteiger partial charge on any atom is 0.405 e. The molecule has 1 aromatic carbocycles. The number of hydrogen-bond acceptors (Lipinski definition) is 4. The van der Waals surface area contributed by atoms with Crippen molar-refractivity contribution in [1.82, 2.24) is 20.4 Å². The molecule has 144 valence electrons. The second kappa shape index (κ2) is 9.00. The number of amides is 3. The molecule has 1 aliphatic rings. The zero-order valence-electron chi connectivity index (χ0n) is 14.6. The Morgan fingerprint density at radius 3 is 2.31 bits per heavy atom. The molecule has 1 saturated heterocycles. The van der Waals surface area contributed by atoms with Gasteiger partial charge in [-0.1, -0.05) is 24.3 Å². The number of hydrogen-bond donors (Lipinski definition) is 2. The van der Waals surface area contributed by atoms with Crippen LogP contribution in [0.15, 0.2) is 24.3 Å². The average Bonchev–Trinajstić information content (AvgIpc) is 2.56. The third-order valence-electron chi connectivity index (χ3n) is 4.19. The molecule has 26 heavy (non-hydrogen) atoms. The van der Waals surface area contributed by atoms with Crippen LogP contribution in [0.4, 0.5) is 18.0 Å². The number of urea groups is 1. The van der Waals surface area contributed by atoms with Gasteiger partial charge >= 0.3 is 12.2 Å². The molecule has 2 rings (SSSR count). The van der Waals surface area contributed by atoms with Crippen LogP contribution in [0.3, 0.4) is 0 Å². The zero-order chi connectivity index (χ0) is 19.2. The fourth-order valence-corrected chi connectivity index (χ4v) is 2.73. The Balaban J connectivity index is 1.69. The van der Waals surface area contributed by atoms with E-state index in [0.717, 1.165) is 19.6 Å². The molecule has 9 heteroatoms. The fraction of sp³-hybridized carbons (Fsp3) is 0.529. The Morgan fingerprint density at radius 2 is 1.69 bits per heavy atom. The molecule has 0 radical (unpaired) electrons. The first-order chi connectivity index (χ1) is 12.2. The van der Waals surface area contributed by atoms with Crippen LogP contribution in [-0.4, -0.2) is 67.2 Å². The highest BCUT2D eigenvalue weighted by molar-refractivity contribution is 5.95. The van der Waals surface area contributed by atoms with E-state index in [2.05, 4.69) is 24.0 Å². The van der Waals surface area contributed by atoms with Gasteiger partial charge in [0.1, 0.15) is 6.54 Å². The van der Waals surface area contributed by atoms with Crippen LogP contribution in [-0.2, 0) is 11.3 Å². The van der Waals surface area contributed by atoms with Gasteiger partial charge in [-0.3, -0.25) is 19.9 Å². The van der Waals surface area contributed by atoms with E-state index in [1.54, 1.807) is 5.32 Å². The van der Waals surface area contributed by atoms with Gasteiger partial charge < -0.3 is 5.32 Å². The molecule has 1 aliphatic heterocycles. The molecule has 0 aliphatic carbocycles. The molecule has 0 bridgehead atoms. The highest BCUT2D eigenvalue weighted by atomic mass is 19.4. The number of nitrogens with zero attached hydrogens (tertiary/aromatic N) is 2. The Labute approximate surface area is 150 Å². The molecule has 1 heterocycles. The van der Waals surface area contributed by atoms with Crippen LogP contribution >= 0.6 is 0 Å². The lowest BCUT2D eigenvalue weighted by atomic mass is 10.1. The van der Waals surface area contributed by atoms with Gasteiger partial charge in [-0.25, -0.2) is 4.79 Å². The van der Waals surface area contributed by atoms with Crippen LogP contribution in [0.1, 0.15) is 11.1 Å². The van der Waals surface area contributed by atoms with E-state index in [9.17, 15) is 22.8 Å². The standard InChI is InChI=1S/C17H23F3N4O2/c1-13-4-2-3-5-14(13)10-23-6-8-24(9-7-23)11-15(25)22-16(26)21-12-17(18,19)20/h2-5H,6-12H2,1H3,(H2,21,22,25,26). The minimum absolute atomic E-state index is 0.0162. The van der Waals surface area contributed by atoms with E-state index >= 15 is 0 Å². The van der Waals surface area contributed by atoms with Crippen LogP contribution in [0.25, 0.3) is 0 Å². The number of benzene rings is 1. The van der Waals surface area contributed by atoms with E-state index in [1.165, 1.54) is 11.1 Å². The van der Waals surface area contributed by atoms with Gasteiger partial charge in [0.25, 0.3) is 0 Å². The Kier molecular flexibility index (Phi) is 6.98. The van der Waals surface area contributed by atoms with Crippen molar-refractivity contribution in [2.75, 3.05) is 39.3 Å². The Bertz CT molecular complexity index is 629. The van der Waals surface area contributed by atoms with E-state index in [-0.39, 0.29) is 6.54 Å². The molecule has 0 aromatic heterocycles. The van der Waals surface area contributed by atoms with Crippen molar-refractivity contribution in [3.8, 4) is 0 Å². The lowest BCUT2D eigenvalue weighted by Crippen LogP contribution is -2.51. The summed E-state index contributed by atoms with van der Waals surface area (Å²) in [7, 11) is 0. The molecule has 2 N–H and O–H groups in total. The van der Waals surface area contributed by atoms with Gasteiger partial charge in [-0.2, -0.15) is 13.2 Å². The third kappa shape index (κ3) is 7.01. The molecular formula is C17H23F3N4O2. The third-order valence-corrected chi connectivity index (χ3v) is 4.19. The van der Waals surface area contributed by atoms with Gasteiger partial charge in [-0.05, 0) is 18.1 Å². The molecule has 0 saturated carbocycles. The second-order valence-electron chi connectivity index (χ2n) is 6.32. The molecule has 0 spiro atoms. The highest BCUT2D eigenvalue weighted by Crippen LogP contribution is 2.13. The number of aryl methyl sites for hydroxylation is 1. The maximum atomic E-state index is 12.0. The van der Waals surface area contributed by atoms with E-state index in [4.69, 9.17) is 0 Å². The number of halogens is 3. The summed E-state index contributed by atoms with van der Waals surface area (Å²) in [5, 5.41) is 3.52. The predicted molar refractivity (Wildman–Crippen MR) is 90.5 cm³/mol. The van der Waals surface area contributed by atoms with Crippen molar-refractivity contribution in [2.45, 2.75) is 19.6 Å². The van der Waals surface area contributed by atoms with Crippen LogP contribution in [0, 0.1) is 6.92 Å². The van der Waals surface area contributed by atoms with Gasteiger partial charge in [0.05, 0.1) is 6.54 Å². The summed E-state index contributed by atoms with van der Waals surface area (Å²) in [6.45, 7) is 4.30. The SMILES string of the molecule is Cc1ccccc1CN1CCN(CC(=O)NC(=O)NCC(F)(F)F)CC1. The van der Waals surface area contributed by atoms with Crippen molar-refractivity contribution in [2.24, 2.45) is 0 Å². The molecule has 3 amide bonds. The Hall–Kier alpha value is -2.13. The maximum absolute atomic E-state index is 12.0. The van der Waals surface area contributed by atoms with E-state index < -0.39 is 24.7 Å². The fourth-order valence-electron chi connectivity index (χ4n) is 2.73. The minimum Gasteiger partial charge on any atom is -0.329 e. The lowest BCUT2D eigenvalue weighted by Gasteiger charge is -2.34. The monoisotopic (exact) mass is 372 g/mol. The number of carbonyl (C=O) groups is 2. The van der Waals surface area contributed by atoms with Crippen molar-refractivity contribution in [1.29, 1.82) is 0 Å². The summed E-state index contributed by atoms with van der Waals surface area (Å²) < 4.78 is 36.0. The zero-order valence-corrected chi connectivity index (χ0v) is 14.6. The van der Waals surface area contributed by atoms with Crippen molar-refractivity contribution in [3.05, 3.63) is 35.4 Å². The minimum atomic E-state index is -4.51. The summed E-state index contributed by atoms with van der Waals surface area (Å²) in [5.41, 5.74) is 2.50. The van der Waals surface area contributed by atoms with Crippen molar-refractivity contribution >= 4 is 11.9 Å². The van der Waals surface area contributed by atoms with Crippen LogP contribution in [0.2, 0.25) is 0 Å². The molecule has 6 nitrogen and oxygen atoms in total. The Morgan fingerprint density at radius 1 is 1.08 bits per heavy atom. The normalized spacial score (nSPS) is 16.3. The van der Waals surface area contributed by atoms with Crippen LogP contribution < -0.4 is 10.6 Å². The van der Waals surface area contributed by atoms with Gasteiger partial charge in [0.2, 0.25) is 5.91 Å². The lowest BCUT2D eigenvalue weighted by molar-refractivity contribution is -0.125. The van der Waals surface area contributed by atoms with E-state index in [0.29, 0.717) is 13.1 Å². The number of carbonyl (C=O) groups excluding carboxylic acids is 2. The largest absolute Gasteiger partial charge is 0.405 e. The summed E-state index contributed by atoms with van der Waals surface area (Å²) in [4.78, 5) is 27.2. The first-order valence-corrected chi connectivity index (χ1v) is 8.36. The van der Waals surface area contributed by atoms with Gasteiger partial charge in [-0.15, -0.1) is 0 Å². The van der Waals surface area contributed by atoms with Crippen LogP contribution in [0.5, 0.6) is 0 Å². The number of imide groups is 1. The van der Waals surface area contributed by atoms with E-state index in [1.807, 2.05) is 22.3 Å². The first-order valence-electron chi connectivity index (χ1n) is 8.36. The topological polar surface area (TPSA) is 64.7 Å². The summed E-state index contributed by atoms with van der Waals surface area (Å²) in [5.74, 6) is -0.614. The number of nitrogens with one attached hydrogen (secondary N) is 2. The molecule has 0 atom stereocenters. The molecular weight excluding hydrogens is 349 g/mol. The average molecular weight is 372 g/mol. The van der Waals surface area contributed by atoms with Gasteiger partial charge in [0.15, 0.2) is 0 Å². The van der Waals surface area contributed by atoms with Crippen molar-refractivity contribution in [3.63, 3.8) is 0 Å². The predicted octanol–water partition coefficient (Wildman–Crippen LogP) is 1.50. The molecule has 0 unspecified atom stereocenters. The summed E-state index contributed by atoms with van der Waals surface area (Å²) >= 11 is 0. The summed E-state index contributed by atoms with van der Waals surface area (Å²) in [6.07, 6.45) is -4.51. The smallest absolute Gasteiger partial charge is 0.329 e. The number of piperazine rings is 1. The summed E-state index contributed by atoms with van der Waals surface area (Å²) in [6, 6.07) is 7.03. The quantitative estimate of drug-likeness (QED) is 0.822. The number of rotatable bonds is 5. The highest BCUT2D eigenvalue weighted by Gasteiger charge is 2.28. The second-order valence-corrected chi connectivity index (χ2v) is 6.32.